The molecular weight excluding hydrogens is 150 g/mol. The minimum Gasteiger partial charge on any atom is -0.309 e. The van der Waals surface area contributed by atoms with E-state index in [4.69, 9.17) is 0 Å². The molecule has 1 atom stereocenters. The van der Waals surface area contributed by atoms with Crippen LogP contribution in [0.25, 0.3) is 0 Å². The second-order valence-corrected chi connectivity index (χ2v) is 3.23. The van der Waals surface area contributed by atoms with Crippen LogP contribution in [0, 0.1) is 6.92 Å². The molecule has 0 aromatic carbocycles. The van der Waals surface area contributed by atoms with Gasteiger partial charge in [0.1, 0.15) is 0 Å². The first kappa shape index (κ1) is 7.68. The van der Waals surface area contributed by atoms with E-state index in [0.29, 0.717) is 6.04 Å². The van der Waals surface area contributed by atoms with Crippen LogP contribution in [0.15, 0.2) is 12.4 Å². The van der Waals surface area contributed by atoms with Crippen LogP contribution in [0.2, 0.25) is 0 Å². The maximum atomic E-state index is 4.43. The highest BCUT2D eigenvalue weighted by Crippen LogP contribution is 2.20. The van der Waals surface area contributed by atoms with Crippen LogP contribution in [0.4, 0.5) is 0 Å². The smallest absolute Gasteiger partial charge is 0.0759 e. The van der Waals surface area contributed by atoms with Crippen LogP contribution in [-0.2, 0) is 0 Å². The molecule has 0 amide bonds. The second-order valence-electron chi connectivity index (χ2n) is 3.23. The van der Waals surface area contributed by atoms with Crippen LogP contribution in [0.5, 0.6) is 0 Å². The number of hydrogen-bond donors (Lipinski definition) is 1. The van der Waals surface area contributed by atoms with Crippen molar-refractivity contribution in [3.63, 3.8) is 0 Å². The van der Waals surface area contributed by atoms with Crippen molar-refractivity contribution in [1.29, 1.82) is 0 Å². The Morgan fingerprint density at radius 3 is 3.08 bits per heavy atom. The summed E-state index contributed by atoms with van der Waals surface area (Å²) >= 11 is 0. The molecule has 1 aromatic rings. The monoisotopic (exact) mass is 163 g/mol. The number of aryl methyl sites for hydroxylation is 1. The Labute approximate surface area is 72.2 Å². The third kappa shape index (κ3) is 1.46. The molecule has 0 unspecified atom stereocenters. The van der Waals surface area contributed by atoms with Gasteiger partial charge in [0.05, 0.1) is 17.4 Å². The van der Waals surface area contributed by atoms with Gasteiger partial charge in [0, 0.05) is 12.4 Å². The third-order valence-corrected chi connectivity index (χ3v) is 2.19. The Morgan fingerprint density at radius 1 is 1.50 bits per heavy atom. The lowest BCUT2D eigenvalue weighted by molar-refractivity contribution is 0.622. The van der Waals surface area contributed by atoms with Crippen molar-refractivity contribution in [2.45, 2.75) is 25.8 Å². The number of aromatic nitrogens is 2. The van der Waals surface area contributed by atoms with Crippen LogP contribution >= 0.6 is 0 Å². The lowest BCUT2D eigenvalue weighted by Crippen LogP contribution is -2.14. The lowest BCUT2D eigenvalue weighted by Gasteiger charge is -2.08. The number of hydrogen-bond acceptors (Lipinski definition) is 3. The standard InChI is InChI=1S/C9H13N3/c1-7-5-10-6-9(12-7)8-3-2-4-11-8/h5-6,8,11H,2-4H2,1H3/t8-/m0/s1. The minimum atomic E-state index is 0.442. The van der Waals surface area contributed by atoms with Gasteiger partial charge >= 0.3 is 0 Å². The zero-order valence-corrected chi connectivity index (χ0v) is 7.25. The van der Waals surface area contributed by atoms with Crippen molar-refractivity contribution >= 4 is 0 Å². The molecule has 3 nitrogen and oxygen atoms in total. The molecule has 0 radical (unpaired) electrons. The summed E-state index contributed by atoms with van der Waals surface area (Å²) in [4.78, 5) is 8.56. The van der Waals surface area contributed by atoms with Crippen molar-refractivity contribution in [2.24, 2.45) is 0 Å². The van der Waals surface area contributed by atoms with E-state index in [2.05, 4.69) is 15.3 Å². The molecule has 1 N–H and O–H groups in total. The first-order chi connectivity index (χ1) is 5.86. The molecular formula is C9H13N3. The summed E-state index contributed by atoms with van der Waals surface area (Å²) in [6.07, 6.45) is 6.09. The molecule has 1 aliphatic heterocycles. The Bertz CT molecular complexity index is 266. The molecule has 1 aliphatic rings. The summed E-state index contributed by atoms with van der Waals surface area (Å²) in [7, 11) is 0. The summed E-state index contributed by atoms with van der Waals surface area (Å²) in [5.74, 6) is 0. The SMILES string of the molecule is Cc1cncc([C@@H]2CCCN2)n1. The maximum absolute atomic E-state index is 4.43. The van der Waals surface area contributed by atoms with Gasteiger partial charge in [0.15, 0.2) is 0 Å². The third-order valence-electron chi connectivity index (χ3n) is 2.19. The first-order valence-corrected chi connectivity index (χ1v) is 4.38. The molecule has 12 heavy (non-hydrogen) atoms. The van der Waals surface area contributed by atoms with E-state index in [9.17, 15) is 0 Å². The Morgan fingerprint density at radius 2 is 2.42 bits per heavy atom. The second kappa shape index (κ2) is 3.19. The van der Waals surface area contributed by atoms with Gasteiger partial charge in [-0.25, -0.2) is 0 Å². The van der Waals surface area contributed by atoms with Crippen molar-refractivity contribution in [3.8, 4) is 0 Å². The van der Waals surface area contributed by atoms with Crippen molar-refractivity contribution in [2.75, 3.05) is 6.54 Å². The highest BCUT2D eigenvalue weighted by atomic mass is 15.0. The molecule has 0 bridgehead atoms. The van der Waals surface area contributed by atoms with Gasteiger partial charge in [-0.05, 0) is 26.3 Å². The fraction of sp³-hybridized carbons (Fsp3) is 0.556. The van der Waals surface area contributed by atoms with E-state index in [1.54, 1.807) is 6.20 Å². The molecule has 0 spiro atoms. The van der Waals surface area contributed by atoms with Gasteiger partial charge in [0.2, 0.25) is 0 Å². The van der Waals surface area contributed by atoms with Crippen molar-refractivity contribution in [3.05, 3.63) is 23.8 Å². The predicted octanol–water partition coefficient (Wildman–Crippen LogP) is 1.21. The zero-order chi connectivity index (χ0) is 8.39. The van der Waals surface area contributed by atoms with E-state index in [1.807, 2.05) is 13.1 Å². The zero-order valence-electron chi connectivity index (χ0n) is 7.25. The summed E-state index contributed by atoms with van der Waals surface area (Å²) in [6, 6.07) is 0.442. The van der Waals surface area contributed by atoms with E-state index >= 15 is 0 Å². The van der Waals surface area contributed by atoms with Crippen molar-refractivity contribution < 1.29 is 0 Å². The average Bonchev–Trinajstić information content (AvgIpc) is 2.56. The van der Waals surface area contributed by atoms with Gasteiger partial charge in [-0.15, -0.1) is 0 Å². The molecule has 1 saturated heterocycles. The predicted molar refractivity (Wildman–Crippen MR) is 46.7 cm³/mol. The summed E-state index contributed by atoms with van der Waals surface area (Å²) < 4.78 is 0. The van der Waals surface area contributed by atoms with Gasteiger partial charge in [-0.1, -0.05) is 0 Å². The van der Waals surface area contributed by atoms with Crippen LogP contribution in [0.3, 0.4) is 0 Å². The fourth-order valence-corrected chi connectivity index (χ4v) is 1.59. The Hall–Kier alpha value is -0.960. The van der Waals surface area contributed by atoms with E-state index in [0.717, 1.165) is 17.9 Å². The highest BCUT2D eigenvalue weighted by Gasteiger charge is 2.17. The topological polar surface area (TPSA) is 37.8 Å². The first-order valence-electron chi connectivity index (χ1n) is 4.38. The Kier molecular flexibility index (Phi) is 2.04. The molecule has 3 heteroatoms. The molecule has 0 saturated carbocycles. The summed E-state index contributed by atoms with van der Waals surface area (Å²) in [5.41, 5.74) is 2.09. The molecule has 1 aromatic heterocycles. The highest BCUT2D eigenvalue weighted by molar-refractivity contribution is 5.07. The number of nitrogens with one attached hydrogen (secondary N) is 1. The number of rotatable bonds is 1. The summed E-state index contributed by atoms with van der Waals surface area (Å²) in [6.45, 7) is 3.09. The largest absolute Gasteiger partial charge is 0.309 e. The van der Waals surface area contributed by atoms with Crippen LogP contribution in [0.1, 0.15) is 30.3 Å². The van der Waals surface area contributed by atoms with Gasteiger partial charge < -0.3 is 5.32 Å². The van der Waals surface area contributed by atoms with Crippen LogP contribution in [-0.4, -0.2) is 16.5 Å². The molecule has 2 rings (SSSR count). The van der Waals surface area contributed by atoms with Crippen LogP contribution < -0.4 is 5.32 Å². The normalized spacial score (nSPS) is 22.9. The van der Waals surface area contributed by atoms with E-state index in [-0.39, 0.29) is 0 Å². The molecule has 2 heterocycles. The Balaban J connectivity index is 2.21. The average molecular weight is 163 g/mol. The lowest BCUT2D eigenvalue weighted by atomic mass is 10.2. The minimum absolute atomic E-state index is 0.442. The quantitative estimate of drug-likeness (QED) is 0.676. The van der Waals surface area contributed by atoms with Crippen molar-refractivity contribution in [1.82, 2.24) is 15.3 Å². The molecule has 1 fully saturated rings. The molecule has 64 valence electrons. The molecule has 0 aliphatic carbocycles. The fourth-order valence-electron chi connectivity index (χ4n) is 1.59. The maximum Gasteiger partial charge on any atom is 0.0759 e. The van der Waals surface area contributed by atoms with Gasteiger partial charge in [-0.2, -0.15) is 0 Å². The van der Waals surface area contributed by atoms with E-state index in [1.165, 1.54) is 12.8 Å². The number of nitrogens with zero attached hydrogens (tertiary/aromatic N) is 2. The van der Waals surface area contributed by atoms with E-state index < -0.39 is 0 Å². The summed E-state index contributed by atoms with van der Waals surface area (Å²) in [5, 5.41) is 3.40. The van der Waals surface area contributed by atoms with Gasteiger partial charge in [0.25, 0.3) is 0 Å². The van der Waals surface area contributed by atoms with Gasteiger partial charge in [-0.3, -0.25) is 9.97 Å².